The largest absolute Gasteiger partial charge is 0.481 e. The average molecular weight is 193 g/mol. The van der Waals surface area contributed by atoms with Crippen molar-refractivity contribution in [3.63, 3.8) is 0 Å². The van der Waals surface area contributed by atoms with E-state index in [0.29, 0.717) is 0 Å². The monoisotopic (exact) mass is 193 g/mol. The summed E-state index contributed by atoms with van der Waals surface area (Å²) in [6.07, 6.45) is 1.73. The lowest BCUT2D eigenvalue weighted by atomic mass is 10.2. The smallest absolute Gasteiger partial charge is 0.304 e. The third-order valence-electron chi connectivity index (χ3n) is 1.75. The predicted molar refractivity (Wildman–Crippen MR) is 49.4 cm³/mol. The van der Waals surface area contributed by atoms with Crippen LogP contribution in [0.15, 0.2) is 18.3 Å². The van der Waals surface area contributed by atoms with Crippen molar-refractivity contribution in [3.8, 4) is 6.07 Å². The molecular weight excluding hydrogens is 182 g/mol. The molecule has 1 atom stereocenters. The molecule has 0 aliphatic rings. The first-order valence-electron chi connectivity index (χ1n) is 4.22. The van der Waals surface area contributed by atoms with Crippen molar-refractivity contribution in [1.82, 2.24) is 10.3 Å². The minimum Gasteiger partial charge on any atom is -0.481 e. The Balaban J connectivity index is 2.42. The molecule has 5 nitrogen and oxygen atoms in total. The molecule has 0 saturated carbocycles. The molecule has 0 aromatic carbocycles. The van der Waals surface area contributed by atoms with Gasteiger partial charge >= 0.3 is 5.97 Å². The molecule has 14 heavy (non-hydrogen) atoms. The number of nitriles is 1. The number of H-pyrrole nitrogens is 1. The van der Waals surface area contributed by atoms with Crippen LogP contribution in [0, 0.1) is 11.3 Å². The molecule has 1 rings (SSSR count). The minimum absolute atomic E-state index is 0.0128. The molecule has 1 heterocycles. The van der Waals surface area contributed by atoms with Crippen molar-refractivity contribution >= 4 is 5.97 Å². The summed E-state index contributed by atoms with van der Waals surface area (Å²) in [7, 11) is 0. The van der Waals surface area contributed by atoms with Crippen LogP contribution in [0.2, 0.25) is 0 Å². The summed E-state index contributed by atoms with van der Waals surface area (Å²) in [6.45, 7) is 0.284. The summed E-state index contributed by atoms with van der Waals surface area (Å²) in [5.41, 5.74) is 0.748. The van der Waals surface area contributed by atoms with Crippen molar-refractivity contribution < 1.29 is 9.90 Å². The van der Waals surface area contributed by atoms with Crippen molar-refractivity contribution in [2.45, 2.75) is 12.5 Å². The van der Waals surface area contributed by atoms with E-state index in [2.05, 4.69) is 10.3 Å². The Bertz CT molecular complexity index is 326. The van der Waals surface area contributed by atoms with Crippen molar-refractivity contribution in [1.29, 1.82) is 5.26 Å². The quantitative estimate of drug-likeness (QED) is 0.640. The van der Waals surface area contributed by atoms with Gasteiger partial charge in [0.25, 0.3) is 0 Å². The molecule has 0 bridgehead atoms. The van der Waals surface area contributed by atoms with Gasteiger partial charge in [-0.05, 0) is 12.1 Å². The van der Waals surface area contributed by atoms with Crippen molar-refractivity contribution in [2.24, 2.45) is 0 Å². The molecule has 0 saturated heterocycles. The van der Waals surface area contributed by atoms with E-state index in [1.54, 1.807) is 18.3 Å². The van der Waals surface area contributed by atoms with Gasteiger partial charge in [-0.2, -0.15) is 5.26 Å². The van der Waals surface area contributed by atoms with E-state index in [-0.39, 0.29) is 13.0 Å². The number of carboxylic acid groups (broad SMARTS) is 1. The number of nitrogens with one attached hydrogen (secondary N) is 2. The second kappa shape index (κ2) is 5.04. The number of hydrogen-bond acceptors (Lipinski definition) is 3. The number of rotatable bonds is 5. The van der Waals surface area contributed by atoms with Crippen molar-refractivity contribution in [2.75, 3.05) is 6.54 Å². The van der Waals surface area contributed by atoms with Crippen LogP contribution in [-0.2, 0) is 4.79 Å². The van der Waals surface area contributed by atoms with Crippen molar-refractivity contribution in [3.05, 3.63) is 24.0 Å². The highest BCUT2D eigenvalue weighted by atomic mass is 16.4. The van der Waals surface area contributed by atoms with E-state index in [1.165, 1.54) is 0 Å². The third kappa shape index (κ3) is 2.92. The maximum absolute atomic E-state index is 10.2. The lowest BCUT2D eigenvalue weighted by molar-refractivity contribution is -0.136. The fourth-order valence-corrected chi connectivity index (χ4v) is 1.07. The van der Waals surface area contributed by atoms with Gasteiger partial charge in [0.05, 0.1) is 12.5 Å². The number of aliphatic carboxylic acids is 1. The van der Waals surface area contributed by atoms with E-state index >= 15 is 0 Å². The Labute approximate surface area is 81.4 Å². The molecule has 3 N–H and O–H groups in total. The SMILES string of the molecule is N#CC(NCCC(=O)O)c1ccc[nH]1. The fraction of sp³-hybridized carbons (Fsp3) is 0.333. The molecule has 0 radical (unpaired) electrons. The second-order valence-corrected chi connectivity index (χ2v) is 2.79. The zero-order chi connectivity index (χ0) is 10.4. The molecule has 0 amide bonds. The second-order valence-electron chi connectivity index (χ2n) is 2.79. The van der Waals surface area contributed by atoms with Gasteiger partial charge in [0.2, 0.25) is 0 Å². The first-order valence-corrected chi connectivity index (χ1v) is 4.22. The summed E-state index contributed by atoms with van der Waals surface area (Å²) in [5.74, 6) is -0.874. The van der Waals surface area contributed by atoms with Crippen LogP contribution in [0.25, 0.3) is 0 Å². The summed E-state index contributed by atoms with van der Waals surface area (Å²) >= 11 is 0. The molecule has 0 spiro atoms. The van der Waals surface area contributed by atoms with Gasteiger partial charge in [-0.1, -0.05) is 0 Å². The van der Waals surface area contributed by atoms with Gasteiger partial charge in [-0.3, -0.25) is 10.1 Å². The zero-order valence-corrected chi connectivity index (χ0v) is 7.53. The van der Waals surface area contributed by atoms with E-state index < -0.39 is 12.0 Å². The van der Waals surface area contributed by atoms with Gasteiger partial charge in [0.15, 0.2) is 0 Å². The Morgan fingerprint density at radius 3 is 3.07 bits per heavy atom. The van der Waals surface area contributed by atoms with Crippen LogP contribution >= 0.6 is 0 Å². The number of carbonyl (C=O) groups is 1. The molecule has 0 aliphatic heterocycles. The standard InChI is InChI=1S/C9H11N3O2/c10-6-8(7-2-1-4-11-7)12-5-3-9(13)14/h1-2,4,8,11-12H,3,5H2,(H,13,14). The highest BCUT2D eigenvalue weighted by Gasteiger charge is 2.10. The normalized spacial score (nSPS) is 11.9. The van der Waals surface area contributed by atoms with E-state index in [1.807, 2.05) is 6.07 Å². The molecule has 74 valence electrons. The molecule has 1 unspecified atom stereocenters. The van der Waals surface area contributed by atoms with Crippen LogP contribution < -0.4 is 5.32 Å². The average Bonchev–Trinajstić information content (AvgIpc) is 2.64. The highest BCUT2D eigenvalue weighted by Crippen LogP contribution is 2.07. The maximum Gasteiger partial charge on any atom is 0.304 e. The lowest BCUT2D eigenvalue weighted by Crippen LogP contribution is -2.23. The molecule has 5 heteroatoms. The van der Waals surface area contributed by atoms with E-state index in [4.69, 9.17) is 10.4 Å². The maximum atomic E-state index is 10.2. The Hall–Kier alpha value is -1.80. The highest BCUT2D eigenvalue weighted by molar-refractivity contribution is 5.66. The van der Waals surface area contributed by atoms with Crippen LogP contribution in [0.3, 0.4) is 0 Å². The molecule has 1 aromatic rings. The molecule has 0 aliphatic carbocycles. The van der Waals surface area contributed by atoms with Gasteiger partial charge < -0.3 is 10.1 Å². The van der Waals surface area contributed by atoms with Crippen LogP contribution in [0.5, 0.6) is 0 Å². The number of hydrogen-bond donors (Lipinski definition) is 3. The van der Waals surface area contributed by atoms with Gasteiger partial charge in [-0.15, -0.1) is 0 Å². The van der Waals surface area contributed by atoms with E-state index in [9.17, 15) is 4.79 Å². The number of nitrogens with zero attached hydrogens (tertiary/aromatic N) is 1. The number of carboxylic acids is 1. The summed E-state index contributed by atoms with van der Waals surface area (Å²) in [6, 6.07) is 5.14. The number of aromatic nitrogens is 1. The van der Waals surface area contributed by atoms with Gasteiger partial charge in [-0.25, -0.2) is 0 Å². The first kappa shape index (κ1) is 10.3. The topological polar surface area (TPSA) is 88.9 Å². The zero-order valence-electron chi connectivity index (χ0n) is 7.53. The van der Waals surface area contributed by atoms with Crippen LogP contribution in [-0.4, -0.2) is 22.6 Å². The van der Waals surface area contributed by atoms with Crippen LogP contribution in [0.1, 0.15) is 18.2 Å². The lowest BCUT2D eigenvalue weighted by Gasteiger charge is -2.07. The third-order valence-corrected chi connectivity index (χ3v) is 1.75. The molecular formula is C9H11N3O2. The number of aromatic amines is 1. The van der Waals surface area contributed by atoms with Crippen LogP contribution in [0.4, 0.5) is 0 Å². The summed E-state index contributed by atoms with van der Waals surface area (Å²) < 4.78 is 0. The Morgan fingerprint density at radius 2 is 2.57 bits per heavy atom. The first-order chi connectivity index (χ1) is 6.74. The fourth-order valence-electron chi connectivity index (χ4n) is 1.07. The summed E-state index contributed by atoms with van der Waals surface area (Å²) in [4.78, 5) is 13.1. The molecule has 0 fully saturated rings. The van der Waals surface area contributed by atoms with E-state index in [0.717, 1.165) is 5.69 Å². The summed E-state index contributed by atoms with van der Waals surface area (Å²) in [5, 5.41) is 20.0. The van der Waals surface area contributed by atoms with Gasteiger partial charge in [0.1, 0.15) is 6.04 Å². The van der Waals surface area contributed by atoms with Gasteiger partial charge in [0, 0.05) is 18.4 Å². The predicted octanol–water partition coefficient (Wildman–Crippen LogP) is 0.644. The Kier molecular flexibility index (Phi) is 3.70. The minimum atomic E-state index is -0.874. The Morgan fingerprint density at radius 1 is 1.79 bits per heavy atom. The molecule has 1 aromatic heterocycles.